The van der Waals surface area contributed by atoms with E-state index in [9.17, 15) is 14.4 Å². The molecule has 0 spiro atoms. The molecule has 0 fully saturated rings. The predicted molar refractivity (Wildman–Crippen MR) is 71.1 cm³/mol. The monoisotopic (exact) mass is 348 g/mol. The van der Waals surface area contributed by atoms with Gasteiger partial charge < -0.3 is 9.47 Å². The molecule has 0 radical (unpaired) electrons. The average Bonchev–Trinajstić information content (AvgIpc) is 2.38. The van der Waals surface area contributed by atoms with Crippen LogP contribution in [0, 0.1) is 0 Å². The number of hydrogen-bond acceptors (Lipinski definition) is 5. The second-order valence-corrected chi connectivity index (χ2v) is 4.74. The van der Waals surface area contributed by atoms with Gasteiger partial charge in [0.2, 0.25) is 0 Å². The van der Waals surface area contributed by atoms with Crippen molar-refractivity contribution in [3.63, 3.8) is 0 Å². The van der Waals surface area contributed by atoms with Crippen molar-refractivity contribution in [1.29, 1.82) is 0 Å². The molecule has 0 aliphatic carbocycles. The number of rotatable bonds is 4. The maximum absolute atomic E-state index is 11.7. The molecule has 1 aromatic rings. The minimum atomic E-state index is -1.36. The van der Waals surface area contributed by atoms with Gasteiger partial charge in [0.05, 0.1) is 14.2 Å². The molecule has 0 aliphatic heterocycles. The highest BCUT2D eigenvalue weighted by Gasteiger charge is 2.33. The first-order chi connectivity index (χ1) is 8.92. The van der Waals surface area contributed by atoms with Crippen LogP contribution in [0.2, 0.25) is 0 Å². The smallest absolute Gasteiger partial charge is 0.324 e. The van der Waals surface area contributed by atoms with Crippen molar-refractivity contribution in [3.05, 3.63) is 33.8 Å². The van der Waals surface area contributed by atoms with Gasteiger partial charge in [0.1, 0.15) is 0 Å². The number of hydrogen-bond donors (Lipinski definition) is 0. The molecule has 5 nitrogen and oxygen atoms in total. The third-order valence-corrected chi connectivity index (χ3v) is 3.11. The average molecular weight is 350 g/mol. The lowest BCUT2D eigenvalue weighted by Gasteiger charge is -2.15. The molecule has 1 aromatic carbocycles. The number of benzene rings is 1. The van der Waals surface area contributed by atoms with E-state index in [0.29, 0.717) is 4.47 Å². The minimum absolute atomic E-state index is 0.0469. The molecule has 0 aliphatic rings. The van der Waals surface area contributed by atoms with Gasteiger partial charge in [-0.15, -0.1) is 0 Å². The van der Waals surface area contributed by atoms with Gasteiger partial charge >= 0.3 is 11.9 Å². The molecular weight excluding hydrogens is 339 g/mol. The SMILES string of the molecule is COC(=O)C(C(=O)OC)c1cc(Br)ccc1C(=O)Cl. The Kier molecular flexibility index (Phi) is 5.50. The first-order valence-electron chi connectivity index (χ1n) is 5.07. The highest BCUT2D eigenvalue weighted by molar-refractivity contribution is 9.10. The van der Waals surface area contributed by atoms with Crippen LogP contribution in [0.5, 0.6) is 0 Å². The van der Waals surface area contributed by atoms with E-state index in [1.807, 2.05) is 0 Å². The Morgan fingerprint density at radius 3 is 2.11 bits per heavy atom. The Bertz CT molecular complexity index is 513. The first kappa shape index (κ1) is 15.7. The fourth-order valence-electron chi connectivity index (χ4n) is 1.54. The predicted octanol–water partition coefficient (Wildman–Crippen LogP) is 2.26. The highest BCUT2D eigenvalue weighted by atomic mass is 79.9. The summed E-state index contributed by atoms with van der Waals surface area (Å²) in [6.07, 6.45) is 0. The van der Waals surface area contributed by atoms with E-state index < -0.39 is 23.1 Å². The molecule has 19 heavy (non-hydrogen) atoms. The van der Waals surface area contributed by atoms with Crippen LogP contribution in [0.4, 0.5) is 0 Å². The van der Waals surface area contributed by atoms with Gasteiger partial charge in [-0.05, 0) is 35.4 Å². The minimum Gasteiger partial charge on any atom is -0.468 e. The number of ether oxygens (including phenoxy) is 2. The van der Waals surface area contributed by atoms with E-state index in [4.69, 9.17) is 11.6 Å². The third-order valence-electron chi connectivity index (χ3n) is 2.41. The van der Waals surface area contributed by atoms with Crippen molar-refractivity contribution in [2.24, 2.45) is 0 Å². The maximum atomic E-state index is 11.7. The van der Waals surface area contributed by atoms with Crippen LogP contribution in [0.3, 0.4) is 0 Å². The van der Waals surface area contributed by atoms with Crippen molar-refractivity contribution in [3.8, 4) is 0 Å². The standard InChI is InChI=1S/C12H10BrClO5/c1-18-11(16)9(12(17)19-2)8-5-6(13)3-4-7(8)10(14)15/h3-5,9H,1-2H3. The Morgan fingerprint density at radius 2 is 1.68 bits per heavy atom. The molecule has 0 bridgehead atoms. The van der Waals surface area contributed by atoms with Gasteiger partial charge in [0, 0.05) is 10.0 Å². The van der Waals surface area contributed by atoms with Gasteiger partial charge in [-0.3, -0.25) is 14.4 Å². The molecule has 0 N–H and O–H groups in total. The van der Waals surface area contributed by atoms with E-state index >= 15 is 0 Å². The quantitative estimate of drug-likeness (QED) is 0.474. The van der Waals surface area contributed by atoms with Crippen molar-refractivity contribution >= 4 is 44.7 Å². The topological polar surface area (TPSA) is 69.7 Å². The highest BCUT2D eigenvalue weighted by Crippen LogP contribution is 2.27. The first-order valence-corrected chi connectivity index (χ1v) is 6.24. The van der Waals surface area contributed by atoms with Crippen LogP contribution in [0.15, 0.2) is 22.7 Å². The summed E-state index contributed by atoms with van der Waals surface area (Å²) in [7, 11) is 2.27. The molecule has 0 saturated heterocycles. The van der Waals surface area contributed by atoms with E-state index in [1.165, 1.54) is 12.1 Å². The van der Waals surface area contributed by atoms with E-state index in [-0.39, 0.29) is 11.1 Å². The Labute approximate surface area is 123 Å². The van der Waals surface area contributed by atoms with Gasteiger partial charge in [-0.1, -0.05) is 15.9 Å². The normalized spacial score (nSPS) is 10.2. The van der Waals surface area contributed by atoms with Gasteiger partial charge in [0.15, 0.2) is 5.92 Å². The third kappa shape index (κ3) is 3.54. The number of methoxy groups -OCH3 is 2. The number of esters is 2. The fourth-order valence-corrected chi connectivity index (χ4v) is 2.09. The summed E-state index contributed by atoms with van der Waals surface area (Å²) in [6, 6.07) is 4.44. The largest absolute Gasteiger partial charge is 0.468 e. The summed E-state index contributed by atoms with van der Waals surface area (Å²) in [6.45, 7) is 0. The van der Waals surface area contributed by atoms with Gasteiger partial charge in [-0.2, -0.15) is 0 Å². The Balaban J connectivity index is 3.44. The van der Waals surface area contributed by atoms with E-state index in [0.717, 1.165) is 14.2 Å². The molecular formula is C12H10BrClO5. The molecule has 0 amide bonds. The zero-order valence-corrected chi connectivity index (χ0v) is 12.4. The summed E-state index contributed by atoms with van der Waals surface area (Å²) in [4.78, 5) is 34.8. The van der Waals surface area contributed by atoms with Crippen molar-refractivity contribution in [2.75, 3.05) is 14.2 Å². The second-order valence-electron chi connectivity index (χ2n) is 3.48. The van der Waals surface area contributed by atoms with Crippen molar-refractivity contribution in [2.45, 2.75) is 5.92 Å². The van der Waals surface area contributed by atoms with Crippen LogP contribution in [0.25, 0.3) is 0 Å². The van der Waals surface area contributed by atoms with Gasteiger partial charge in [-0.25, -0.2) is 0 Å². The second kappa shape index (κ2) is 6.68. The lowest BCUT2D eigenvalue weighted by Crippen LogP contribution is -2.26. The molecule has 0 aromatic heterocycles. The number of halogens is 2. The zero-order chi connectivity index (χ0) is 14.6. The summed E-state index contributed by atoms with van der Waals surface area (Å²) < 4.78 is 9.69. The maximum Gasteiger partial charge on any atom is 0.324 e. The lowest BCUT2D eigenvalue weighted by atomic mass is 9.94. The molecule has 7 heteroatoms. The molecule has 0 atom stereocenters. The Morgan fingerprint density at radius 1 is 1.16 bits per heavy atom. The van der Waals surface area contributed by atoms with Crippen LogP contribution >= 0.6 is 27.5 Å². The summed E-state index contributed by atoms with van der Waals surface area (Å²) in [5, 5.41) is -0.777. The van der Waals surface area contributed by atoms with Crippen LogP contribution in [0.1, 0.15) is 21.8 Å². The Hall–Kier alpha value is -1.40. The fraction of sp³-hybridized carbons (Fsp3) is 0.250. The van der Waals surface area contributed by atoms with Gasteiger partial charge in [0.25, 0.3) is 5.24 Å². The summed E-state index contributed by atoms with van der Waals surface area (Å²) in [5.74, 6) is -3.02. The van der Waals surface area contributed by atoms with E-state index in [2.05, 4.69) is 25.4 Å². The van der Waals surface area contributed by atoms with Crippen LogP contribution in [-0.4, -0.2) is 31.4 Å². The molecule has 102 valence electrons. The molecule has 0 unspecified atom stereocenters. The van der Waals surface area contributed by atoms with Crippen molar-refractivity contribution in [1.82, 2.24) is 0 Å². The lowest BCUT2D eigenvalue weighted by molar-refractivity contribution is -0.154. The van der Waals surface area contributed by atoms with E-state index in [1.54, 1.807) is 6.07 Å². The molecule has 0 saturated carbocycles. The zero-order valence-electron chi connectivity index (χ0n) is 10.1. The molecule has 0 heterocycles. The van der Waals surface area contributed by atoms with Crippen LogP contribution in [-0.2, 0) is 19.1 Å². The van der Waals surface area contributed by atoms with Crippen molar-refractivity contribution < 1.29 is 23.9 Å². The van der Waals surface area contributed by atoms with Crippen LogP contribution < -0.4 is 0 Å². The number of carbonyl (C=O) groups is 3. The molecule has 1 rings (SSSR count). The summed E-state index contributed by atoms with van der Waals surface area (Å²) in [5.41, 5.74) is 0.179. The number of carbonyl (C=O) groups excluding carboxylic acids is 3. The summed E-state index contributed by atoms with van der Waals surface area (Å²) >= 11 is 8.64.